The minimum atomic E-state index is 0.623. The summed E-state index contributed by atoms with van der Waals surface area (Å²) in [5, 5.41) is 11.7. The van der Waals surface area contributed by atoms with E-state index in [0.29, 0.717) is 6.67 Å². The SMILES string of the molecule is CCc1ccccc1NCn1nnc2ccccc21. The molecule has 3 rings (SSSR count). The molecule has 1 N–H and O–H groups in total. The minimum Gasteiger partial charge on any atom is -0.366 e. The molecule has 96 valence electrons. The molecule has 4 nitrogen and oxygen atoms in total. The van der Waals surface area contributed by atoms with Crippen molar-refractivity contribution in [2.24, 2.45) is 0 Å². The number of aromatic nitrogens is 3. The highest BCUT2D eigenvalue weighted by molar-refractivity contribution is 5.73. The molecule has 0 unspecified atom stereocenters. The molecule has 0 radical (unpaired) electrons. The second kappa shape index (κ2) is 5.10. The number of para-hydroxylation sites is 2. The molecule has 2 aromatic carbocycles. The Bertz CT molecular complexity index is 687. The molecule has 1 heterocycles. The van der Waals surface area contributed by atoms with E-state index < -0.39 is 0 Å². The Kier molecular flexibility index (Phi) is 3.14. The second-order valence-electron chi connectivity index (χ2n) is 4.42. The number of rotatable bonds is 4. The fourth-order valence-electron chi connectivity index (χ4n) is 2.20. The number of nitrogens with one attached hydrogen (secondary N) is 1. The topological polar surface area (TPSA) is 42.7 Å². The van der Waals surface area contributed by atoms with E-state index in [0.717, 1.165) is 23.1 Å². The third kappa shape index (κ3) is 2.29. The van der Waals surface area contributed by atoms with Crippen LogP contribution in [0.4, 0.5) is 5.69 Å². The third-order valence-electron chi connectivity index (χ3n) is 3.24. The fourth-order valence-corrected chi connectivity index (χ4v) is 2.20. The molecule has 19 heavy (non-hydrogen) atoms. The van der Waals surface area contributed by atoms with Gasteiger partial charge >= 0.3 is 0 Å². The normalized spacial score (nSPS) is 10.8. The molecule has 0 atom stereocenters. The zero-order valence-corrected chi connectivity index (χ0v) is 10.9. The van der Waals surface area contributed by atoms with Gasteiger partial charge in [-0.1, -0.05) is 42.5 Å². The lowest BCUT2D eigenvalue weighted by atomic mass is 10.1. The van der Waals surface area contributed by atoms with Crippen LogP contribution in [0.3, 0.4) is 0 Å². The highest BCUT2D eigenvalue weighted by Gasteiger charge is 2.03. The summed E-state index contributed by atoms with van der Waals surface area (Å²) in [7, 11) is 0. The predicted molar refractivity (Wildman–Crippen MR) is 77.0 cm³/mol. The van der Waals surface area contributed by atoms with Gasteiger partial charge in [-0.05, 0) is 30.2 Å². The fraction of sp³-hybridized carbons (Fsp3) is 0.200. The van der Waals surface area contributed by atoms with Gasteiger partial charge < -0.3 is 5.32 Å². The molecule has 1 aromatic heterocycles. The molecule has 0 amide bonds. The highest BCUT2D eigenvalue weighted by Crippen LogP contribution is 2.16. The molecule has 0 saturated carbocycles. The standard InChI is InChI=1S/C15H16N4/c1-2-12-7-3-4-8-13(12)16-11-19-15-10-6-5-9-14(15)17-18-19/h3-10,16H,2,11H2,1H3. The Morgan fingerprint density at radius 2 is 1.84 bits per heavy atom. The lowest BCUT2D eigenvalue weighted by molar-refractivity contribution is 0.655. The molecule has 0 aliphatic carbocycles. The molecule has 0 bridgehead atoms. The van der Waals surface area contributed by atoms with E-state index in [-0.39, 0.29) is 0 Å². The van der Waals surface area contributed by atoms with Gasteiger partial charge in [0.1, 0.15) is 12.2 Å². The Balaban J connectivity index is 1.82. The van der Waals surface area contributed by atoms with E-state index in [4.69, 9.17) is 0 Å². The van der Waals surface area contributed by atoms with Gasteiger partial charge in [0.2, 0.25) is 0 Å². The molecule has 0 saturated heterocycles. The van der Waals surface area contributed by atoms with Crippen molar-refractivity contribution in [3.63, 3.8) is 0 Å². The van der Waals surface area contributed by atoms with E-state index in [9.17, 15) is 0 Å². The predicted octanol–water partition coefficient (Wildman–Crippen LogP) is 3.06. The number of aryl methyl sites for hydroxylation is 1. The zero-order chi connectivity index (χ0) is 13.1. The monoisotopic (exact) mass is 252 g/mol. The first-order chi connectivity index (χ1) is 9.38. The van der Waals surface area contributed by atoms with Crippen molar-refractivity contribution in [1.29, 1.82) is 0 Å². The van der Waals surface area contributed by atoms with Crippen LogP contribution in [-0.2, 0) is 13.1 Å². The van der Waals surface area contributed by atoms with Crippen LogP contribution < -0.4 is 5.32 Å². The molecule has 0 aliphatic heterocycles. The van der Waals surface area contributed by atoms with Crippen LogP contribution in [0, 0.1) is 0 Å². The van der Waals surface area contributed by atoms with Crippen molar-refractivity contribution in [3.8, 4) is 0 Å². The van der Waals surface area contributed by atoms with Crippen LogP contribution in [0.2, 0.25) is 0 Å². The maximum atomic E-state index is 4.17. The van der Waals surface area contributed by atoms with E-state index in [2.05, 4.69) is 40.8 Å². The minimum absolute atomic E-state index is 0.623. The van der Waals surface area contributed by atoms with Gasteiger partial charge in [-0.25, -0.2) is 4.68 Å². The highest BCUT2D eigenvalue weighted by atomic mass is 15.4. The maximum Gasteiger partial charge on any atom is 0.113 e. The van der Waals surface area contributed by atoms with Crippen LogP contribution >= 0.6 is 0 Å². The average molecular weight is 252 g/mol. The summed E-state index contributed by atoms with van der Waals surface area (Å²) >= 11 is 0. The Morgan fingerprint density at radius 1 is 1.05 bits per heavy atom. The quantitative estimate of drug-likeness (QED) is 0.776. The first-order valence-electron chi connectivity index (χ1n) is 6.48. The second-order valence-corrected chi connectivity index (χ2v) is 4.42. The van der Waals surface area contributed by atoms with E-state index in [1.165, 1.54) is 5.56 Å². The van der Waals surface area contributed by atoms with Crippen LogP contribution in [-0.4, -0.2) is 15.0 Å². The van der Waals surface area contributed by atoms with Crippen molar-refractivity contribution in [1.82, 2.24) is 15.0 Å². The summed E-state index contributed by atoms with van der Waals surface area (Å²) in [4.78, 5) is 0. The van der Waals surface area contributed by atoms with E-state index in [1.807, 2.05) is 35.0 Å². The number of hydrogen-bond donors (Lipinski definition) is 1. The number of anilines is 1. The van der Waals surface area contributed by atoms with E-state index >= 15 is 0 Å². The Morgan fingerprint density at radius 3 is 2.74 bits per heavy atom. The molecule has 0 aliphatic rings. The van der Waals surface area contributed by atoms with Gasteiger partial charge in [0.15, 0.2) is 0 Å². The van der Waals surface area contributed by atoms with Gasteiger partial charge in [0, 0.05) is 5.69 Å². The molecule has 0 spiro atoms. The van der Waals surface area contributed by atoms with Crippen LogP contribution in [0.25, 0.3) is 11.0 Å². The molecule has 3 aromatic rings. The third-order valence-corrected chi connectivity index (χ3v) is 3.24. The smallest absolute Gasteiger partial charge is 0.113 e. The van der Waals surface area contributed by atoms with Gasteiger partial charge in [-0.3, -0.25) is 0 Å². The zero-order valence-electron chi connectivity index (χ0n) is 10.9. The van der Waals surface area contributed by atoms with Crippen LogP contribution in [0.15, 0.2) is 48.5 Å². The summed E-state index contributed by atoms with van der Waals surface area (Å²) in [6, 6.07) is 16.3. The number of nitrogens with zero attached hydrogens (tertiary/aromatic N) is 3. The van der Waals surface area contributed by atoms with Crippen molar-refractivity contribution in [2.75, 3.05) is 5.32 Å². The molecular weight excluding hydrogens is 236 g/mol. The first kappa shape index (κ1) is 11.7. The lowest BCUT2D eigenvalue weighted by Gasteiger charge is -2.10. The Hall–Kier alpha value is -2.36. The van der Waals surface area contributed by atoms with Gasteiger partial charge in [-0.2, -0.15) is 0 Å². The average Bonchev–Trinajstić information content (AvgIpc) is 2.89. The van der Waals surface area contributed by atoms with Crippen molar-refractivity contribution >= 4 is 16.7 Å². The molecule has 4 heteroatoms. The van der Waals surface area contributed by atoms with E-state index in [1.54, 1.807) is 0 Å². The van der Waals surface area contributed by atoms with Crippen LogP contribution in [0.5, 0.6) is 0 Å². The van der Waals surface area contributed by atoms with Crippen molar-refractivity contribution in [2.45, 2.75) is 20.0 Å². The lowest BCUT2D eigenvalue weighted by Crippen LogP contribution is -2.10. The summed E-state index contributed by atoms with van der Waals surface area (Å²) in [5.41, 5.74) is 4.44. The van der Waals surface area contributed by atoms with Crippen molar-refractivity contribution < 1.29 is 0 Å². The molecule has 0 fully saturated rings. The summed E-state index contributed by atoms with van der Waals surface area (Å²) in [6.45, 7) is 2.78. The number of hydrogen-bond acceptors (Lipinski definition) is 3. The van der Waals surface area contributed by atoms with Gasteiger partial charge in [0.05, 0.1) is 5.52 Å². The summed E-state index contributed by atoms with van der Waals surface area (Å²) in [6.07, 6.45) is 1.02. The first-order valence-corrected chi connectivity index (χ1v) is 6.48. The summed E-state index contributed by atoms with van der Waals surface area (Å²) < 4.78 is 1.88. The van der Waals surface area contributed by atoms with Crippen LogP contribution in [0.1, 0.15) is 12.5 Å². The van der Waals surface area contributed by atoms with Gasteiger partial charge in [-0.15, -0.1) is 5.10 Å². The summed E-state index contributed by atoms with van der Waals surface area (Å²) in [5.74, 6) is 0. The largest absolute Gasteiger partial charge is 0.366 e. The van der Waals surface area contributed by atoms with Gasteiger partial charge in [0.25, 0.3) is 0 Å². The maximum absolute atomic E-state index is 4.17. The number of benzene rings is 2. The Labute approximate surface area is 112 Å². The van der Waals surface area contributed by atoms with Crippen molar-refractivity contribution in [3.05, 3.63) is 54.1 Å². The molecular formula is C15H16N4. The number of fused-ring (bicyclic) bond motifs is 1.